The fourth-order valence-electron chi connectivity index (χ4n) is 14.7. The lowest BCUT2D eigenvalue weighted by atomic mass is 9.91. The zero-order valence-electron chi connectivity index (χ0n) is 53.3. The van der Waals surface area contributed by atoms with Crippen LogP contribution in [0.15, 0.2) is 318 Å². The van der Waals surface area contributed by atoms with Crippen molar-refractivity contribution in [2.45, 2.75) is 27.7 Å². The molecule has 15 aromatic carbocycles. The van der Waals surface area contributed by atoms with Crippen LogP contribution in [0, 0.1) is 18.6 Å². The summed E-state index contributed by atoms with van der Waals surface area (Å²) in [4.78, 5) is 4.16. The predicted molar refractivity (Wildman–Crippen MR) is 399 cm³/mol. The molecule has 96 heavy (non-hydrogen) atoms. The first-order chi connectivity index (χ1) is 47.2. The maximum Gasteiger partial charge on any atom is 0.159 e. The second-order valence-electron chi connectivity index (χ2n) is 25.0. The Bertz CT molecular complexity index is 5960. The van der Waals surface area contributed by atoms with Gasteiger partial charge in [-0.1, -0.05) is 260 Å². The van der Waals surface area contributed by atoms with Crippen molar-refractivity contribution >= 4 is 116 Å². The third-order valence-corrected chi connectivity index (χ3v) is 19.2. The third-order valence-electron chi connectivity index (χ3n) is 19.2. The van der Waals surface area contributed by atoms with Gasteiger partial charge in [0.1, 0.15) is 11.2 Å². The van der Waals surface area contributed by atoms with Crippen molar-refractivity contribution in [1.82, 2.24) is 0 Å². The van der Waals surface area contributed by atoms with Crippen molar-refractivity contribution in [3.05, 3.63) is 332 Å². The number of fused-ring (bicyclic) bond motifs is 6. The molecule has 458 valence electrons. The topological polar surface area (TPSA) is 32.8 Å². The molecule has 0 aliphatic heterocycles. The van der Waals surface area contributed by atoms with Gasteiger partial charge in [-0.25, -0.2) is 8.78 Å². The van der Waals surface area contributed by atoms with Gasteiger partial charge in [0.05, 0.1) is 34.1 Å². The Morgan fingerprint density at radius 3 is 1.21 bits per heavy atom. The molecule has 0 aliphatic carbocycles. The third kappa shape index (κ3) is 9.47. The van der Waals surface area contributed by atoms with Gasteiger partial charge in [0.25, 0.3) is 0 Å². The molecule has 0 N–H and O–H groups in total. The van der Waals surface area contributed by atoms with E-state index in [4.69, 9.17) is 8.83 Å². The molecule has 4 nitrogen and oxygen atoms in total. The zero-order valence-corrected chi connectivity index (χ0v) is 53.3. The summed E-state index contributed by atoms with van der Waals surface area (Å²) in [5, 5.41) is 9.35. The summed E-state index contributed by atoms with van der Waals surface area (Å²) in [6, 6.07) is 98.5. The Balaban J connectivity index is 0.966. The van der Waals surface area contributed by atoms with Gasteiger partial charge in [-0.05, 0) is 148 Å². The highest BCUT2D eigenvalue weighted by Gasteiger charge is 2.31. The van der Waals surface area contributed by atoms with Crippen molar-refractivity contribution in [3.8, 4) is 55.6 Å². The molecule has 0 unspecified atom stereocenters. The average molecular weight is 1240 g/mol. The molecule has 17 rings (SSSR count). The fourth-order valence-corrected chi connectivity index (χ4v) is 14.7. The van der Waals surface area contributed by atoms with Crippen molar-refractivity contribution in [2.75, 3.05) is 9.80 Å². The standard InChI is InChI=1S/C90H62F2N2O2/c1-5-24-65(55(2)3)67-35-20-37-69-71-39-22-41-79(89(71)95-87(67)69)93(81-53-63(57-26-10-6-11-27-57)51-75(85(81)91)59-30-14-8-15-31-59)77-49-45-61-44-48-74-78(50-46-62-43-47-73(77)83(61)84(62)74)94(82-54-64(58-28-12-7-13-29-58)52-76(86(82)92)60-32-16-9-17-33-60)80-42-23-40-72-70-38-21-36-68(88(70)96-90(72)80)66-34-19-18-25-56(66)4/h5-54H,1-4H3/b24-5-. The quantitative estimate of drug-likeness (QED) is 0.0851. The summed E-state index contributed by atoms with van der Waals surface area (Å²) in [7, 11) is 0. The van der Waals surface area contributed by atoms with E-state index in [0.29, 0.717) is 45.0 Å². The molecule has 0 spiro atoms. The summed E-state index contributed by atoms with van der Waals surface area (Å²) >= 11 is 0. The minimum absolute atomic E-state index is 0.344. The number of allylic oxidation sites excluding steroid dienone is 4. The van der Waals surface area contributed by atoms with Crippen molar-refractivity contribution < 1.29 is 17.6 Å². The van der Waals surface area contributed by atoms with E-state index in [0.717, 1.165) is 143 Å². The van der Waals surface area contributed by atoms with Gasteiger partial charge in [-0.2, -0.15) is 0 Å². The van der Waals surface area contributed by atoms with Crippen LogP contribution in [-0.2, 0) is 0 Å². The minimum atomic E-state index is -0.390. The molecule has 6 heteroatoms. The van der Waals surface area contributed by atoms with Crippen molar-refractivity contribution in [3.63, 3.8) is 0 Å². The SMILES string of the molecule is C/C=C\C(=C(C)C)c1cccc2c1oc1c(N(c3cc(-c4ccccc4)cc(-c4ccccc4)c3F)c3ccc4ccc5c(N(c6cc(-c7ccccc7)cc(-c7ccccc7)c6F)c6cccc7c6oc6c(-c8ccccc8C)cccc67)ccc6ccc3c4c65)cccc12. The van der Waals surface area contributed by atoms with Gasteiger partial charge < -0.3 is 18.6 Å². The Hall–Kier alpha value is -12.1. The van der Waals surface area contributed by atoms with E-state index in [2.05, 4.69) is 200 Å². The van der Waals surface area contributed by atoms with Crippen LogP contribution in [-0.4, -0.2) is 0 Å². The second kappa shape index (κ2) is 23.5. The number of hydrogen-bond donors (Lipinski definition) is 0. The van der Waals surface area contributed by atoms with Crippen LogP contribution >= 0.6 is 0 Å². The van der Waals surface area contributed by atoms with Crippen LogP contribution in [0.5, 0.6) is 0 Å². The molecule has 0 saturated heterocycles. The molecule has 0 saturated carbocycles. The highest BCUT2D eigenvalue weighted by molar-refractivity contribution is 6.29. The van der Waals surface area contributed by atoms with E-state index in [1.807, 2.05) is 140 Å². The minimum Gasteiger partial charge on any atom is -0.453 e. The Morgan fingerprint density at radius 2 is 0.729 bits per heavy atom. The Kier molecular flexibility index (Phi) is 14.1. The number of benzene rings is 15. The molecule has 0 atom stereocenters. The first-order valence-electron chi connectivity index (χ1n) is 32.6. The largest absolute Gasteiger partial charge is 0.453 e. The summed E-state index contributed by atoms with van der Waals surface area (Å²) in [5.41, 5.74) is 18.6. The Labute approximate surface area is 555 Å². The summed E-state index contributed by atoms with van der Waals surface area (Å²) in [5.74, 6) is -0.780. The van der Waals surface area contributed by atoms with Crippen LogP contribution in [0.25, 0.3) is 137 Å². The van der Waals surface area contributed by atoms with E-state index < -0.39 is 11.6 Å². The van der Waals surface area contributed by atoms with Crippen LogP contribution in [0.4, 0.5) is 42.9 Å². The van der Waals surface area contributed by atoms with Gasteiger partial charge in [0.2, 0.25) is 0 Å². The van der Waals surface area contributed by atoms with Crippen LogP contribution in [0.1, 0.15) is 31.9 Å². The molecule has 0 aliphatic rings. The normalized spacial score (nSPS) is 11.8. The lowest BCUT2D eigenvalue weighted by Gasteiger charge is -2.30. The lowest BCUT2D eigenvalue weighted by Crippen LogP contribution is -2.14. The van der Waals surface area contributed by atoms with E-state index in [9.17, 15) is 0 Å². The molecule has 0 radical (unpaired) electrons. The molecular weight excluding hydrogens is 1180 g/mol. The summed E-state index contributed by atoms with van der Waals surface area (Å²) in [6.45, 7) is 8.40. The zero-order chi connectivity index (χ0) is 64.7. The van der Waals surface area contributed by atoms with Crippen molar-refractivity contribution in [1.29, 1.82) is 0 Å². The molecule has 0 fully saturated rings. The molecule has 2 aromatic heterocycles. The summed E-state index contributed by atoms with van der Waals surface area (Å²) < 4.78 is 52.6. The van der Waals surface area contributed by atoms with Gasteiger partial charge in [-0.3, -0.25) is 0 Å². The maximum absolute atomic E-state index is 19.0. The van der Waals surface area contributed by atoms with E-state index >= 15 is 8.78 Å². The number of nitrogens with zero attached hydrogens (tertiary/aromatic N) is 2. The van der Waals surface area contributed by atoms with E-state index in [1.54, 1.807) is 0 Å². The van der Waals surface area contributed by atoms with Crippen LogP contribution < -0.4 is 9.80 Å². The average Bonchev–Trinajstić information content (AvgIpc) is 1.01. The number of anilines is 6. The van der Waals surface area contributed by atoms with Crippen LogP contribution in [0.3, 0.4) is 0 Å². The number of rotatable bonds is 13. The highest BCUT2D eigenvalue weighted by atomic mass is 19.1. The first kappa shape index (κ1) is 57.8. The lowest BCUT2D eigenvalue weighted by molar-refractivity contribution is 0.631. The van der Waals surface area contributed by atoms with Gasteiger partial charge in [0.15, 0.2) is 22.8 Å². The molecule has 0 amide bonds. The van der Waals surface area contributed by atoms with Gasteiger partial charge in [0, 0.05) is 54.6 Å². The smallest absolute Gasteiger partial charge is 0.159 e. The first-order valence-corrected chi connectivity index (χ1v) is 32.6. The summed E-state index contributed by atoms with van der Waals surface area (Å²) in [6.07, 6.45) is 4.20. The number of hydrogen-bond acceptors (Lipinski definition) is 4. The van der Waals surface area contributed by atoms with Crippen LogP contribution in [0.2, 0.25) is 0 Å². The van der Waals surface area contributed by atoms with Crippen molar-refractivity contribution in [2.24, 2.45) is 0 Å². The van der Waals surface area contributed by atoms with Gasteiger partial charge in [-0.15, -0.1) is 0 Å². The second-order valence-corrected chi connectivity index (χ2v) is 25.0. The molecular formula is C90H62F2N2O2. The fraction of sp³-hybridized carbons (Fsp3) is 0.0444. The highest BCUT2D eigenvalue weighted by Crippen LogP contribution is 2.54. The molecule has 2 heterocycles. The number of para-hydroxylation sites is 4. The molecule has 0 bridgehead atoms. The molecule has 17 aromatic rings. The van der Waals surface area contributed by atoms with Gasteiger partial charge >= 0.3 is 0 Å². The predicted octanol–water partition coefficient (Wildman–Crippen LogP) is 26.6. The maximum atomic E-state index is 19.0. The number of halogens is 2. The van der Waals surface area contributed by atoms with E-state index in [-0.39, 0.29) is 0 Å². The number of furan rings is 2. The number of aryl methyl sites for hydroxylation is 1. The monoisotopic (exact) mass is 1240 g/mol. The Morgan fingerprint density at radius 1 is 0.323 bits per heavy atom. The van der Waals surface area contributed by atoms with E-state index in [1.165, 1.54) is 0 Å².